The summed E-state index contributed by atoms with van der Waals surface area (Å²) in [5.41, 5.74) is 4.96. The number of aromatic nitrogens is 5. The van der Waals surface area contributed by atoms with E-state index in [1.807, 2.05) is 16.9 Å². The lowest BCUT2D eigenvalue weighted by Crippen LogP contribution is -2.23. The molecule has 1 unspecified atom stereocenters. The summed E-state index contributed by atoms with van der Waals surface area (Å²) in [7, 11) is 0. The number of aryl methyl sites for hydroxylation is 1. The standard InChI is InChI=1S/C18H22N6/c1-14-10-16(15(2)24(14)23-12-20-21-13-23)11-22-9-5-7-18(22)17-6-3-4-8-19-17/h3-4,6,8,10,12-13,18H,5,7,9,11H2,1-2H3. The highest BCUT2D eigenvalue weighted by atomic mass is 15.5. The van der Waals surface area contributed by atoms with Gasteiger partial charge >= 0.3 is 0 Å². The van der Waals surface area contributed by atoms with Crippen molar-refractivity contribution in [1.82, 2.24) is 29.4 Å². The topological polar surface area (TPSA) is 51.8 Å². The maximum atomic E-state index is 4.57. The zero-order valence-corrected chi connectivity index (χ0v) is 14.1. The van der Waals surface area contributed by atoms with E-state index < -0.39 is 0 Å². The van der Waals surface area contributed by atoms with Gasteiger partial charge in [0, 0.05) is 24.1 Å². The quantitative estimate of drug-likeness (QED) is 0.741. The van der Waals surface area contributed by atoms with Crippen molar-refractivity contribution in [2.45, 2.75) is 39.3 Å². The Morgan fingerprint density at radius 3 is 2.75 bits per heavy atom. The normalized spacial score (nSPS) is 18.3. The van der Waals surface area contributed by atoms with Crippen LogP contribution in [-0.4, -0.2) is 36.0 Å². The van der Waals surface area contributed by atoms with Crippen LogP contribution in [0.2, 0.25) is 0 Å². The van der Waals surface area contributed by atoms with Crippen molar-refractivity contribution in [2.75, 3.05) is 6.54 Å². The number of rotatable bonds is 4. The summed E-state index contributed by atoms with van der Waals surface area (Å²) >= 11 is 0. The van der Waals surface area contributed by atoms with Crippen LogP contribution in [0.3, 0.4) is 0 Å². The number of hydrogen-bond acceptors (Lipinski definition) is 4. The van der Waals surface area contributed by atoms with Crippen LogP contribution < -0.4 is 0 Å². The Balaban J connectivity index is 1.60. The first kappa shape index (κ1) is 15.1. The molecule has 0 N–H and O–H groups in total. The van der Waals surface area contributed by atoms with Crippen molar-refractivity contribution in [3.8, 4) is 0 Å². The van der Waals surface area contributed by atoms with Gasteiger partial charge in [0.05, 0.1) is 11.7 Å². The molecular formula is C18H22N6. The molecule has 0 aromatic carbocycles. The number of pyridine rings is 1. The SMILES string of the molecule is Cc1cc(CN2CCCC2c2ccccn2)c(C)n1-n1cnnc1. The molecule has 0 spiro atoms. The van der Waals surface area contributed by atoms with Gasteiger partial charge < -0.3 is 0 Å². The fraction of sp³-hybridized carbons (Fsp3) is 0.389. The van der Waals surface area contributed by atoms with Gasteiger partial charge in [-0.1, -0.05) is 6.07 Å². The van der Waals surface area contributed by atoms with E-state index in [2.05, 4.69) is 56.8 Å². The van der Waals surface area contributed by atoms with Crippen LogP contribution in [0.5, 0.6) is 0 Å². The van der Waals surface area contributed by atoms with E-state index in [0.29, 0.717) is 6.04 Å². The second kappa shape index (κ2) is 6.20. The Labute approximate surface area is 141 Å². The summed E-state index contributed by atoms with van der Waals surface area (Å²) in [6, 6.07) is 8.89. The summed E-state index contributed by atoms with van der Waals surface area (Å²) in [6.07, 6.45) is 7.77. The minimum absolute atomic E-state index is 0.421. The molecule has 3 aromatic heterocycles. The van der Waals surface area contributed by atoms with E-state index in [9.17, 15) is 0 Å². The largest absolute Gasteiger partial charge is 0.290 e. The van der Waals surface area contributed by atoms with Gasteiger partial charge in [-0.25, -0.2) is 4.68 Å². The van der Waals surface area contributed by atoms with Gasteiger partial charge in [0.1, 0.15) is 12.7 Å². The zero-order chi connectivity index (χ0) is 16.5. The molecule has 24 heavy (non-hydrogen) atoms. The van der Waals surface area contributed by atoms with Crippen molar-refractivity contribution < 1.29 is 0 Å². The molecule has 6 nitrogen and oxygen atoms in total. The first-order valence-electron chi connectivity index (χ1n) is 8.42. The van der Waals surface area contributed by atoms with Crippen LogP contribution in [0.15, 0.2) is 43.1 Å². The molecule has 6 heteroatoms. The summed E-state index contributed by atoms with van der Waals surface area (Å²) in [6.45, 7) is 6.35. The lowest BCUT2D eigenvalue weighted by atomic mass is 10.1. The Morgan fingerprint density at radius 1 is 1.17 bits per heavy atom. The van der Waals surface area contributed by atoms with Gasteiger partial charge in [-0.2, -0.15) is 0 Å². The lowest BCUT2D eigenvalue weighted by Gasteiger charge is -2.24. The van der Waals surface area contributed by atoms with Gasteiger partial charge in [0.2, 0.25) is 0 Å². The molecule has 0 radical (unpaired) electrons. The molecule has 0 bridgehead atoms. The molecule has 0 saturated carbocycles. The molecular weight excluding hydrogens is 300 g/mol. The van der Waals surface area contributed by atoms with E-state index in [-0.39, 0.29) is 0 Å². The van der Waals surface area contributed by atoms with Gasteiger partial charge in [-0.15, -0.1) is 10.2 Å². The van der Waals surface area contributed by atoms with Crippen LogP contribution >= 0.6 is 0 Å². The fourth-order valence-corrected chi connectivity index (χ4v) is 3.77. The van der Waals surface area contributed by atoms with Gasteiger partial charge in [0.25, 0.3) is 0 Å². The van der Waals surface area contributed by atoms with Gasteiger partial charge in [0.15, 0.2) is 0 Å². The third-order valence-electron chi connectivity index (χ3n) is 4.90. The first-order chi connectivity index (χ1) is 11.7. The van der Waals surface area contributed by atoms with Crippen LogP contribution in [0.25, 0.3) is 0 Å². The van der Waals surface area contributed by atoms with Gasteiger partial charge in [-0.05, 0) is 57.0 Å². The van der Waals surface area contributed by atoms with E-state index in [0.717, 1.165) is 13.1 Å². The van der Waals surface area contributed by atoms with E-state index in [1.54, 1.807) is 12.7 Å². The molecule has 1 saturated heterocycles. The van der Waals surface area contributed by atoms with Crippen LogP contribution in [0.1, 0.15) is 41.5 Å². The monoisotopic (exact) mass is 322 g/mol. The van der Waals surface area contributed by atoms with Crippen LogP contribution in [-0.2, 0) is 6.54 Å². The Hall–Kier alpha value is -2.47. The predicted octanol–water partition coefficient (Wildman–Crippen LogP) is 2.74. The molecule has 4 heterocycles. The minimum Gasteiger partial charge on any atom is -0.290 e. The van der Waals surface area contributed by atoms with Crippen LogP contribution in [0.4, 0.5) is 0 Å². The highest BCUT2D eigenvalue weighted by Gasteiger charge is 2.27. The predicted molar refractivity (Wildman–Crippen MR) is 91.3 cm³/mol. The van der Waals surface area contributed by atoms with Crippen molar-refractivity contribution in [2.24, 2.45) is 0 Å². The fourth-order valence-electron chi connectivity index (χ4n) is 3.77. The van der Waals surface area contributed by atoms with Crippen molar-refractivity contribution in [3.63, 3.8) is 0 Å². The third-order valence-corrected chi connectivity index (χ3v) is 4.90. The van der Waals surface area contributed by atoms with E-state index >= 15 is 0 Å². The Kier molecular flexibility index (Phi) is 3.90. The summed E-state index contributed by atoms with van der Waals surface area (Å²) in [4.78, 5) is 7.11. The maximum absolute atomic E-state index is 4.57. The molecule has 1 atom stereocenters. The molecule has 1 aliphatic heterocycles. The average Bonchev–Trinajstić information content (AvgIpc) is 3.31. The molecule has 1 fully saturated rings. The highest BCUT2D eigenvalue weighted by molar-refractivity contribution is 5.27. The Bertz CT molecular complexity index is 806. The molecule has 1 aliphatic rings. The number of hydrogen-bond donors (Lipinski definition) is 0. The first-order valence-corrected chi connectivity index (χ1v) is 8.42. The second-order valence-corrected chi connectivity index (χ2v) is 6.43. The Morgan fingerprint density at radius 2 is 2.00 bits per heavy atom. The van der Waals surface area contributed by atoms with E-state index in [4.69, 9.17) is 0 Å². The van der Waals surface area contributed by atoms with Crippen molar-refractivity contribution >= 4 is 0 Å². The molecule has 124 valence electrons. The maximum Gasteiger partial charge on any atom is 0.139 e. The molecule has 0 aliphatic carbocycles. The number of likely N-dealkylation sites (tertiary alicyclic amines) is 1. The summed E-state index contributed by atoms with van der Waals surface area (Å²) in [5.74, 6) is 0. The molecule has 3 aromatic rings. The van der Waals surface area contributed by atoms with Crippen LogP contribution in [0, 0.1) is 13.8 Å². The second-order valence-electron chi connectivity index (χ2n) is 6.43. The lowest BCUT2D eigenvalue weighted by molar-refractivity contribution is 0.244. The zero-order valence-electron chi connectivity index (χ0n) is 14.1. The highest BCUT2D eigenvalue weighted by Crippen LogP contribution is 2.32. The van der Waals surface area contributed by atoms with Gasteiger partial charge in [-0.3, -0.25) is 14.6 Å². The summed E-state index contributed by atoms with van der Waals surface area (Å²) in [5, 5.41) is 7.84. The van der Waals surface area contributed by atoms with E-state index in [1.165, 1.54) is 35.5 Å². The minimum atomic E-state index is 0.421. The smallest absolute Gasteiger partial charge is 0.139 e. The third kappa shape index (κ3) is 2.63. The molecule has 4 rings (SSSR count). The van der Waals surface area contributed by atoms with Crippen molar-refractivity contribution in [1.29, 1.82) is 0 Å². The summed E-state index contributed by atoms with van der Waals surface area (Å²) < 4.78 is 4.08. The molecule has 0 amide bonds. The number of nitrogens with zero attached hydrogens (tertiary/aromatic N) is 6. The average molecular weight is 322 g/mol. The van der Waals surface area contributed by atoms with Crippen molar-refractivity contribution in [3.05, 3.63) is 65.8 Å².